The van der Waals surface area contributed by atoms with Gasteiger partial charge in [-0.05, 0) is 26.7 Å². The van der Waals surface area contributed by atoms with Gasteiger partial charge in [0.05, 0.1) is 12.2 Å². The van der Waals surface area contributed by atoms with Crippen molar-refractivity contribution < 1.29 is 4.74 Å². The maximum atomic E-state index is 5.48. The van der Waals surface area contributed by atoms with E-state index in [2.05, 4.69) is 20.4 Å². The largest absolute Gasteiger partial charge is 0.371 e. The van der Waals surface area contributed by atoms with Gasteiger partial charge < -0.3 is 4.74 Å². The smallest absolute Gasteiger partial charge is 0.0681 e. The molecule has 1 rings (SSSR count). The average Bonchev–Trinajstić information content (AvgIpc) is 1.78. The van der Waals surface area contributed by atoms with E-state index in [-0.39, 0.29) is 5.60 Å². The fourth-order valence-corrected chi connectivity index (χ4v) is 0.920. The SMILES string of the molecule is C=C1CCC(C)(C)OC1. The highest BCUT2D eigenvalue weighted by molar-refractivity contribution is 4.99. The quantitative estimate of drug-likeness (QED) is 0.452. The zero-order chi connectivity index (χ0) is 6.91. The third kappa shape index (κ3) is 1.83. The Labute approximate surface area is 56.7 Å². The Balaban J connectivity index is 2.44. The van der Waals surface area contributed by atoms with Gasteiger partial charge in [0.25, 0.3) is 0 Å². The molecule has 0 amide bonds. The lowest BCUT2D eigenvalue weighted by molar-refractivity contribution is -0.0290. The molecule has 0 aliphatic carbocycles. The van der Waals surface area contributed by atoms with Crippen molar-refractivity contribution in [1.82, 2.24) is 0 Å². The van der Waals surface area contributed by atoms with E-state index in [1.807, 2.05) is 0 Å². The van der Waals surface area contributed by atoms with Crippen molar-refractivity contribution in [3.63, 3.8) is 0 Å². The lowest BCUT2D eigenvalue weighted by Crippen LogP contribution is -2.29. The van der Waals surface area contributed by atoms with E-state index in [1.165, 1.54) is 5.57 Å². The fourth-order valence-electron chi connectivity index (χ4n) is 0.920. The van der Waals surface area contributed by atoms with Gasteiger partial charge in [0.15, 0.2) is 0 Å². The van der Waals surface area contributed by atoms with E-state index in [4.69, 9.17) is 4.74 Å². The summed E-state index contributed by atoms with van der Waals surface area (Å²) in [7, 11) is 0. The van der Waals surface area contributed by atoms with Crippen LogP contribution in [0.3, 0.4) is 0 Å². The Morgan fingerprint density at radius 2 is 2.22 bits per heavy atom. The second-order valence-corrected chi connectivity index (χ2v) is 3.30. The molecule has 0 saturated carbocycles. The molecule has 0 radical (unpaired) electrons. The molecule has 1 aliphatic heterocycles. The summed E-state index contributed by atoms with van der Waals surface area (Å²) in [5.41, 5.74) is 1.33. The van der Waals surface area contributed by atoms with Crippen LogP contribution in [0.15, 0.2) is 12.2 Å². The van der Waals surface area contributed by atoms with Crippen LogP contribution >= 0.6 is 0 Å². The summed E-state index contributed by atoms with van der Waals surface area (Å²) in [6.07, 6.45) is 2.25. The van der Waals surface area contributed by atoms with Crippen molar-refractivity contribution in [2.75, 3.05) is 6.61 Å². The monoisotopic (exact) mass is 126 g/mol. The van der Waals surface area contributed by atoms with Crippen molar-refractivity contribution >= 4 is 0 Å². The zero-order valence-electron chi connectivity index (χ0n) is 6.24. The highest BCUT2D eigenvalue weighted by Gasteiger charge is 2.22. The first kappa shape index (κ1) is 6.81. The second-order valence-electron chi connectivity index (χ2n) is 3.30. The van der Waals surface area contributed by atoms with Crippen LogP contribution < -0.4 is 0 Å². The summed E-state index contributed by atoms with van der Waals surface area (Å²) in [6, 6.07) is 0. The van der Waals surface area contributed by atoms with E-state index in [1.54, 1.807) is 0 Å². The molecule has 0 unspecified atom stereocenters. The van der Waals surface area contributed by atoms with Crippen LogP contribution in [0.1, 0.15) is 26.7 Å². The maximum absolute atomic E-state index is 5.48. The Hall–Kier alpha value is -0.300. The molecular formula is C8H14O. The van der Waals surface area contributed by atoms with Gasteiger partial charge in [-0.15, -0.1) is 0 Å². The molecule has 1 heteroatoms. The molecule has 1 nitrogen and oxygen atoms in total. The minimum Gasteiger partial charge on any atom is -0.371 e. The zero-order valence-corrected chi connectivity index (χ0v) is 6.24. The molecule has 0 spiro atoms. The molecule has 0 aromatic heterocycles. The predicted octanol–water partition coefficient (Wildman–Crippen LogP) is 2.13. The third-order valence-corrected chi connectivity index (χ3v) is 1.75. The Morgan fingerprint density at radius 1 is 1.56 bits per heavy atom. The van der Waals surface area contributed by atoms with Gasteiger partial charge in [-0.3, -0.25) is 0 Å². The lowest BCUT2D eigenvalue weighted by Gasteiger charge is -2.30. The van der Waals surface area contributed by atoms with Gasteiger partial charge in [-0.25, -0.2) is 0 Å². The summed E-state index contributed by atoms with van der Waals surface area (Å²) in [5.74, 6) is 0. The van der Waals surface area contributed by atoms with Gasteiger partial charge in [0, 0.05) is 0 Å². The lowest BCUT2D eigenvalue weighted by atomic mass is 9.96. The van der Waals surface area contributed by atoms with E-state index in [0.29, 0.717) is 0 Å². The molecule has 1 heterocycles. The molecule has 0 bridgehead atoms. The third-order valence-electron chi connectivity index (χ3n) is 1.75. The molecule has 0 aromatic carbocycles. The summed E-state index contributed by atoms with van der Waals surface area (Å²) in [6.45, 7) is 8.86. The average molecular weight is 126 g/mol. The summed E-state index contributed by atoms with van der Waals surface area (Å²) < 4.78 is 5.48. The van der Waals surface area contributed by atoms with Crippen molar-refractivity contribution in [1.29, 1.82) is 0 Å². The maximum Gasteiger partial charge on any atom is 0.0681 e. The molecule has 0 N–H and O–H groups in total. The highest BCUT2D eigenvalue weighted by atomic mass is 16.5. The molecule has 9 heavy (non-hydrogen) atoms. The van der Waals surface area contributed by atoms with Crippen molar-refractivity contribution in [2.24, 2.45) is 0 Å². The Morgan fingerprint density at radius 3 is 2.56 bits per heavy atom. The van der Waals surface area contributed by atoms with Crippen molar-refractivity contribution in [3.05, 3.63) is 12.2 Å². The van der Waals surface area contributed by atoms with Gasteiger partial charge in [0.1, 0.15) is 0 Å². The number of ether oxygens (including phenoxy) is 1. The minimum atomic E-state index is 0.0984. The van der Waals surface area contributed by atoms with Crippen LogP contribution in [-0.2, 0) is 4.74 Å². The first-order valence-corrected chi connectivity index (χ1v) is 3.41. The summed E-state index contributed by atoms with van der Waals surface area (Å²) >= 11 is 0. The number of rotatable bonds is 0. The first-order valence-electron chi connectivity index (χ1n) is 3.41. The molecule has 1 aliphatic rings. The van der Waals surface area contributed by atoms with Crippen LogP contribution in [0.4, 0.5) is 0 Å². The Kier molecular flexibility index (Phi) is 1.62. The van der Waals surface area contributed by atoms with Crippen LogP contribution in [0.25, 0.3) is 0 Å². The van der Waals surface area contributed by atoms with Gasteiger partial charge in [0.2, 0.25) is 0 Å². The first-order chi connectivity index (χ1) is 4.10. The Bertz CT molecular complexity index is 113. The molecular weight excluding hydrogens is 112 g/mol. The standard InChI is InChI=1S/C8H14O/c1-7-4-5-8(2,3)9-6-7/h1,4-6H2,2-3H3. The van der Waals surface area contributed by atoms with E-state index in [0.717, 1.165) is 19.4 Å². The van der Waals surface area contributed by atoms with Crippen LogP contribution in [0.2, 0.25) is 0 Å². The molecule has 1 fully saturated rings. The topological polar surface area (TPSA) is 9.23 Å². The van der Waals surface area contributed by atoms with Crippen molar-refractivity contribution in [2.45, 2.75) is 32.3 Å². The van der Waals surface area contributed by atoms with Gasteiger partial charge >= 0.3 is 0 Å². The fraction of sp³-hybridized carbons (Fsp3) is 0.750. The minimum absolute atomic E-state index is 0.0984. The van der Waals surface area contributed by atoms with Crippen LogP contribution in [0, 0.1) is 0 Å². The predicted molar refractivity (Wildman–Crippen MR) is 38.4 cm³/mol. The van der Waals surface area contributed by atoms with Gasteiger partial charge in [-0.2, -0.15) is 0 Å². The van der Waals surface area contributed by atoms with E-state index >= 15 is 0 Å². The van der Waals surface area contributed by atoms with Gasteiger partial charge in [-0.1, -0.05) is 12.2 Å². The normalized spacial score (nSPS) is 26.2. The highest BCUT2D eigenvalue weighted by Crippen LogP contribution is 2.25. The summed E-state index contributed by atoms with van der Waals surface area (Å²) in [5, 5.41) is 0. The number of hydrogen-bond donors (Lipinski definition) is 0. The summed E-state index contributed by atoms with van der Waals surface area (Å²) in [4.78, 5) is 0. The second kappa shape index (κ2) is 2.14. The molecule has 52 valence electrons. The molecule has 0 aromatic rings. The van der Waals surface area contributed by atoms with Crippen molar-refractivity contribution in [3.8, 4) is 0 Å². The van der Waals surface area contributed by atoms with Crippen LogP contribution in [0.5, 0.6) is 0 Å². The molecule has 1 saturated heterocycles. The number of hydrogen-bond acceptors (Lipinski definition) is 1. The molecule has 0 atom stereocenters. The van der Waals surface area contributed by atoms with E-state index < -0.39 is 0 Å². The van der Waals surface area contributed by atoms with E-state index in [9.17, 15) is 0 Å². The van der Waals surface area contributed by atoms with Crippen LogP contribution in [-0.4, -0.2) is 12.2 Å².